The van der Waals surface area contributed by atoms with Gasteiger partial charge in [0, 0.05) is 31.6 Å². The van der Waals surface area contributed by atoms with E-state index >= 15 is 0 Å². The molecule has 0 aliphatic heterocycles. The molecule has 6 nitrogen and oxygen atoms in total. The largest absolute Gasteiger partial charge is 0.428 e. The molecular formula is C11H21NO5Si. The van der Waals surface area contributed by atoms with E-state index < -0.39 is 17.7 Å². The molecule has 0 spiro atoms. The van der Waals surface area contributed by atoms with Gasteiger partial charge in [0.05, 0.1) is 0 Å². The van der Waals surface area contributed by atoms with E-state index in [9.17, 15) is 9.59 Å². The van der Waals surface area contributed by atoms with Gasteiger partial charge in [-0.05, 0) is 6.92 Å². The fourth-order valence-electron chi connectivity index (χ4n) is 0.777. The van der Waals surface area contributed by atoms with Crippen LogP contribution in [0.1, 0.15) is 19.8 Å². The number of esters is 2. The molecule has 0 saturated heterocycles. The van der Waals surface area contributed by atoms with Crippen LogP contribution in [0.5, 0.6) is 0 Å². The highest BCUT2D eigenvalue weighted by atomic mass is 28.2. The van der Waals surface area contributed by atoms with Gasteiger partial charge < -0.3 is 20.1 Å². The third kappa shape index (κ3) is 7.77. The van der Waals surface area contributed by atoms with E-state index in [-0.39, 0.29) is 6.15 Å². The van der Waals surface area contributed by atoms with Gasteiger partial charge in [-0.3, -0.25) is 0 Å². The van der Waals surface area contributed by atoms with Gasteiger partial charge in [-0.1, -0.05) is 13.2 Å². The van der Waals surface area contributed by atoms with Crippen molar-refractivity contribution in [1.29, 1.82) is 0 Å². The first-order valence-electron chi connectivity index (χ1n) is 5.23. The Balaban J connectivity index is 0. The minimum absolute atomic E-state index is 0. The van der Waals surface area contributed by atoms with Crippen molar-refractivity contribution in [2.75, 3.05) is 6.61 Å². The predicted molar refractivity (Wildman–Crippen MR) is 71.1 cm³/mol. The van der Waals surface area contributed by atoms with Crippen LogP contribution in [-0.4, -0.2) is 34.8 Å². The maximum atomic E-state index is 10.8. The molecule has 0 amide bonds. The lowest BCUT2D eigenvalue weighted by Gasteiger charge is -2.14. The van der Waals surface area contributed by atoms with E-state index in [0.717, 1.165) is 29.2 Å². The Morgan fingerprint density at radius 1 is 1.22 bits per heavy atom. The van der Waals surface area contributed by atoms with Crippen LogP contribution >= 0.6 is 0 Å². The lowest BCUT2D eigenvalue weighted by Crippen LogP contribution is -2.24. The molecule has 0 aromatic heterocycles. The molecule has 0 aromatic carbocycles. The Kier molecular flexibility index (Phi) is 10.1. The lowest BCUT2D eigenvalue weighted by atomic mass is 10.6. The van der Waals surface area contributed by atoms with Gasteiger partial charge >= 0.3 is 11.9 Å². The summed E-state index contributed by atoms with van der Waals surface area (Å²) in [7, 11) is 0.890. The van der Waals surface area contributed by atoms with Crippen LogP contribution in [0.2, 0.25) is 0 Å². The van der Waals surface area contributed by atoms with Crippen molar-refractivity contribution >= 4 is 22.4 Å². The van der Waals surface area contributed by atoms with Crippen LogP contribution < -0.4 is 6.15 Å². The first kappa shape index (κ1) is 18.9. The van der Waals surface area contributed by atoms with Crippen LogP contribution in [0.15, 0.2) is 25.3 Å². The van der Waals surface area contributed by atoms with Crippen molar-refractivity contribution in [2.24, 2.45) is 0 Å². The number of rotatable bonds is 5. The first-order chi connectivity index (χ1) is 8.03. The third-order valence-corrected chi connectivity index (χ3v) is 2.43. The summed E-state index contributed by atoms with van der Waals surface area (Å²) in [4.78, 5) is 21.6. The quantitative estimate of drug-likeness (QED) is 0.337. The molecule has 0 atom stereocenters. The number of carbonyl (C=O) groups is 2. The van der Waals surface area contributed by atoms with E-state index in [1.54, 1.807) is 0 Å². The van der Waals surface area contributed by atoms with Crippen molar-refractivity contribution in [3.05, 3.63) is 25.3 Å². The fourth-order valence-corrected chi connectivity index (χ4v) is 0.777. The van der Waals surface area contributed by atoms with Crippen LogP contribution in [0, 0.1) is 0 Å². The molecule has 1 aliphatic carbocycles. The zero-order valence-electron chi connectivity index (χ0n) is 10.9. The second-order valence-electron chi connectivity index (χ2n) is 3.24. The zero-order valence-corrected chi connectivity index (χ0v) is 12.9. The van der Waals surface area contributed by atoms with Gasteiger partial charge in [0.1, 0.15) is 10.5 Å². The van der Waals surface area contributed by atoms with Crippen molar-refractivity contribution in [3.63, 3.8) is 0 Å². The second-order valence-corrected chi connectivity index (χ2v) is 3.82. The summed E-state index contributed by atoms with van der Waals surface area (Å²) >= 11 is 0. The third-order valence-electron chi connectivity index (χ3n) is 1.85. The van der Waals surface area contributed by atoms with Gasteiger partial charge in [-0.25, -0.2) is 9.59 Å². The minimum Gasteiger partial charge on any atom is -0.428 e. The second kappa shape index (κ2) is 9.57. The number of hydrogen-bond donors (Lipinski definition) is 1. The van der Waals surface area contributed by atoms with E-state index in [4.69, 9.17) is 9.47 Å². The Hall–Kier alpha value is -1.44. The van der Waals surface area contributed by atoms with Crippen molar-refractivity contribution in [2.45, 2.75) is 25.6 Å². The van der Waals surface area contributed by atoms with Crippen molar-refractivity contribution < 1.29 is 23.5 Å². The van der Waals surface area contributed by atoms with Gasteiger partial charge in [-0.15, -0.1) is 0 Å². The number of ether oxygens (including phenoxy) is 2. The summed E-state index contributed by atoms with van der Waals surface area (Å²) in [6.07, 6.45) is 3.13. The monoisotopic (exact) mass is 275 g/mol. The molecule has 1 saturated carbocycles. The molecule has 0 bridgehead atoms. The maximum Gasteiger partial charge on any atom is 0.333 e. The smallest absolute Gasteiger partial charge is 0.333 e. The minimum atomic E-state index is -1.05. The molecule has 3 N–H and O–H groups in total. The average molecular weight is 275 g/mol. The molecule has 18 heavy (non-hydrogen) atoms. The van der Waals surface area contributed by atoms with Gasteiger partial charge in [0.2, 0.25) is 0 Å². The molecule has 1 aliphatic rings. The topological polar surface area (TPSA) is 96.8 Å². The molecule has 7 heteroatoms. The summed E-state index contributed by atoms with van der Waals surface area (Å²) in [6.45, 7) is 9.35. The molecular weight excluding hydrogens is 254 g/mol. The molecule has 1 rings (SSSR count). The lowest BCUT2D eigenvalue weighted by molar-refractivity contribution is -0.189. The van der Waals surface area contributed by atoms with E-state index in [0.29, 0.717) is 12.8 Å². The molecule has 0 heterocycles. The van der Waals surface area contributed by atoms with Crippen LogP contribution in [0.25, 0.3) is 0 Å². The summed E-state index contributed by atoms with van der Waals surface area (Å²) in [5.74, 6) is -2.22. The Labute approximate surface area is 110 Å². The van der Waals surface area contributed by atoms with E-state index in [1.807, 2.05) is 6.92 Å². The standard InChI is InChI=1S/C9H10O4.C2H8OSi.H3N/c1-3-7(10)12-9(5-6-9)13-8(11)4-2;1-2-3-4;/h3-4H,1-2,5-6H2;2H2,1,4H3;1H3. The highest BCUT2D eigenvalue weighted by Gasteiger charge is 2.50. The highest BCUT2D eigenvalue weighted by Crippen LogP contribution is 2.41. The Bertz CT molecular complexity index is 276. The highest BCUT2D eigenvalue weighted by molar-refractivity contribution is 5.97. The van der Waals surface area contributed by atoms with Crippen LogP contribution in [-0.2, 0) is 23.5 Å². The van der Waals surface area contributed by atoms with Gasteiger partial charge in [0.25, 0.3) is 5.79 Å². The molecule has 104 valence electrons. The van der Waals surface area contributed by atoms with Crippen molar-refractivity contribution in [1.82, 2.24) is 6.15 Å². The Morgan fingerprint density at radius 3 is 1.72 bits per heavy atom. The van der Waals surface area contributed by atoms with E-state index in [1.165, 1.54) is 0 Å². The van der Waals surface area contributed by atoms with Gasteiger partial charge in [-0.2, -0.15) is 0 Å². The van der Waals surface area contributed by atoms with E-state index in [2.05, 4.69) is 17.6 Å². The number of hydrogen-bond acceptors (Lipinski definition) is 6. The average Bonchev–Trinajstić information content (AvgIpc) is 3.08. The van der Waals surface area contributed by atoms with Crippen LogP contribution in [0.3, 0.4) is 0 Å². The molecule has 0 radical (unpaired) electrons. The normalized spacial score (nSPS) is 14.1. The zero-order chi connectivity index (χ0) is 13.3. The summed E-state index contributed by atoms with van der Waals surface area (Å²) in [5.41, 5.74) is 0. The predicted octanol–water partition coefficient (Wildman–Crippen LogP) is 0.400. The SMILES string of the molecule is C=CC(=O)OC1(OC(=O)C=C)CC1.CCO[SiH3].N. The molecule has 0 unspecified atom stereocenters. The first-order valence-corrected chi connectivity index (χ1v) is 6.05. The van der Waals surface area contributed by atoms with Crippen molar-refractivity contribution in [3.8, 4) is 0 Å². The summed E-state index contributed by atoms with van der Waals surface area (Å²) in [6, 6.07) is 0. The molecule has 1 fully saturated rings. The summed E-state index contributed by atoms with van der Waals surface area (Å²) < 4.78 is 14.3. The molecule has 0 aromatic rings. The fraction of sp³-hybridized carbons (Fsp3) is 0.455. The Morgan fingerprint density at radius 2 is 1.56 bits per heavy atom. The number of carbonyl (C=O) groups excluding carboxylic acids is 2. The summed E-state index contributed by atoms with van der Waals surface area (Å²) in [5, 5.41) is 0. The maximum absolute atomic E-state index is 10.8. The van der Waals surface area contributed by atoms with Crippen LogP contribution in [0.4, 0.5) is 0 Å². The van der Waals surface area contributed by atoms with Gasteiger partial charge in [0.15, 0.2) is 0 Å².